The number of aromatic hydroxyl groups is 1. The van der Waals surface area contributed by atoms with Crippen LogP contribution < -0.4 is 26.8 Å². The van der Waals surface area contributed by atoms with Crippen molar-refractivity contribution in [1.29, 1.82) is 0 Å². The van der Waals surface area contributed by atoms with Crippen molar-refractivity contribution in [3.05, 3.63) is 105 Å². The van der Waals surface area contributed by atoms with Gasteiger partial charge in [-0.3, -0.25) is 33.8 Å². The van der Waals surface area contributed by atoms with E-state index in [1.807, 2.05) is 6.92 Å². The van der Waals surface area contributed by atoms with Gasteiger partial charge in [-0.05, 0) is 85.6 Å². The molecule has 3 aliphatic rings. The number of phenols is 1. The Labute approximate surface area is 591 Å². The van der Waals surface area contributed by atoms with Gasteiger partial charge in [0.05, 0.1) is 154 Å². The lowest BCUT2D eigenvalue weighted by atomic mass is 9.81. The number of aromatic nitrogens is 4. The standard InChI is InChI=1S/C70H96N10O22/c1-5-49(3)56-37-55(82)14-15-59(56)75-60-16-18-80-61(60)38-57-58(68(80)88)45-100-69(89)66(57)102-70(90)101-44-51-8-12-53(13-9-51)74-62(83)40-72-64(85)47-99-46-63(84)71-17-20-91-22-24-93-26-28-95-30-32-97-34-35-98-33-31-96-29-27-94-25-23-92-21-19-79-42-54(76-77-79)39-73-67(87)52-10-6-50(7-11-52)41-78(4)65(86)36-48(2)43-81/h8-9,12-15,37-38,42-43,48,50,52,66,82H,3,5-7,10-11,16-36,39-41,44-47H2,1-2,4H3,(H,71,84)(H,72,85)(H,73,87)(H,74,83)/t48?,50?,52?,66-/m0/s1. The summed E-state index contributed by atoms with van der Waals surface area (Å²) >= 11 is 0. The van der Waals surface area contributed by atoms with Crippen molar-refractivity contribution < 1.29 is 100 Å². The number of carbonyl (C=O) groups is 8. The van der Waals surface area contributed by atoms with Gasteiger partial charge in [-0.15, -0.1) is 5.10 Å². The molecule has 32 heteroatoms. The number of phenolic OH excluding ortho intramolecular Hbond substituents is 1. The molecule has 0 bridgehead atoms. The van der Waals surface area contributed by atoms with E-state index in [1.54, 1.807) is 72.2 Å². The summed E-state index contributed by atoms with van der Waals surface area (Å²) in [6.07, 6.45) is 4.33. The molecule has 0 radical (unpaired) electrons. The molecule has 5 amide bonds. The fraction of sp³-hybridized carbons (Fsp3) is 0.571. The van der Waals surface area contributed by atoms with Crippen LogP contribution in [0.25, 0.3) is 5.57 Å². The number of carbonyl (C=O) groups excluding carboxylic acids is 8. The Morgan fingerprint density at radius 1 is 0.765 bits per heavy atom. The van der Waals surface area contributed by atoms with Crippen LogP contribution in [-0.4, -0.2) is 229 Å². The van der Waals surface area contributed by atoms with Crippen molar-refractivity contribution in [1.82, 2.24) is 40.4 Å². The largest absolute Gasteiger partial charge is 0.509 e. The molecule has 2 aromatic carbocycles. The molecule has 1 saturated carbocycles. The number of nitrogens with zero attached hydrogens (tertiary/aromatic N) is 6. The number of hydrogen-bond acceptors (Lipinski definition) is 25. The lowest BCUT2D eigenvalue weighted by Crippen LogP contribution is -2.37. The maximum Gasteiger partial charge on any atom is 0.509 e. The van der Waals surface area contributed by atoms with Crippen LogP contribution in [0.4, 0.5) is 16.2 Å². The number of benzene rings is 2. The first-order valence-electron chi connectivity index (χ1n) is 34.3. The van der Waals surface area contributed by atoms with Crippen molar-refractivity contribution in [3.8, 4) is 5.75 Å². The molecule has 7 rings (SSSR count). The number of fused-ring (bicyclic) bond motifs is 2. The van der Waals surface area contributed by atoms with E-state index in [9.17, 15) is 48.3 Å². The molecular formula is C70H96N10O22. The number of allylic oxidation sites excluding steroid dienone is 1. The summed E-state index contributed by atoms with van der Waals surface area (Å²) in [5.74, 6) is -2.49. The minimum absolute atomic E-state index is 0.00403. The van der Waals surface area contributed by atoms with Crippen LogP contribution in [0.1, 0.15) is 98.5 Å². The quantitative estimate of drug-likeness (QED) is 0.0239. The minimum Gasteiger partial charge on any atom is -0.508 e. The molecule has 0 spiro atoms. The van der Waals surface area contributed by atoms with Crippen molar-refractivity contribution in [2.24, 2.45) is 22.7 Å². The van der Waals surface area contributed by atoms with Gasteiger partial charge < -0.3 is 97.5 Å². The van der Waals surface area contributed by atoms with E-state index in [0.29, 0.717) is 184 Å². The Balaban J connectivity index is 0.590. The van der Waals surface area contributed by atoms with E-state index in [0.717, 1.165) is 37.5 Å². The number of aliphatic imine (C=N–C) groups is 1. The number of amides is 5. The molecule has 1 aliphatic carbocycles. The molecule has 5 N–H and O–H groups in total. The number of nitrogens with one attached hydrogen (secondary N) is 4. The predicted octanol–water partition coefficient (Wildman–Crippen LogP) is 3.67. The molecule has 1 unspecified atom stereocenters. The van der Waals surface area contributed by atoms with E-state index in [2.05, 4.69) is 38.2 Å². The van der Waals surface area contributed by atoms with Crippen LogP contribution in [0.5, 0.6) is 5.75 Å². The van der Waals surface area contributed by atoms with Crippen LogP contribution in [0.3, 0.4) is 0 Å². The predicted molar refractivity (Wildman–Crippen MR) is 366 cm³/mol. The molecule has 32 nitrogen and oxygen atoms in total. The van der Waals surface area contributed by atoms with Gasteiger partial charge in [-0.25, -0.2) is 14.3 Å². The Bertz CT molecular complexity index is 3460. The molecule has 0 saturated heterocycles. The number of anilines is 1. The maximum absolute atomic E-state index is 13.6. The summed E-state index contributed by atoms with van der Waals surface area (Å²) in [6.45, 7) is 14.1. The highest BCUT2D eigenvalue weighted by molar-refractivity contribution is 6.03. The van der Waals surface area contributed by atoms with Crippen molar-refractivity contribution in [2.75, 3.05) is 151 Å². The highest BCUT2D eigenvalue weighted by Crippen LogP contribution is 2.35. The molecular weight excluding hydrogens is 1330 g/mol. The van der Waals surface area contributed by atoms with Gasteiger partial charge in [0.1, 0.15) is 44.2 Å². The van der Waals surface area contributed by atoms with E-state index in [4.69, 9.17) is 61.8 Å². The highest BCUT2D eigenvalue weighted by atomic mass is 16.7. The summed E-state index contributed by atoms with van der Waals surface area (Å²) in [5, 5.41) is 29.0. The number of hydrogen-bond donors (Lipinski definition) is 5. The number of pyridine rings is 1. The third kappa shape index (κ3) is 28.2. The van der Waals surface area contributed by atoms with Crippen molar-refractivity contribution in [3.63, 3.8) is 0 Å². The molecule has 558 valence electrons. The normalized spacial score (nSPS) is 16.1. The van der Waals surface area contributed by atoms with Crippen LogP contribution in [0.2, 0.25) is 0 Å². The summed E-state index contributed by atoms with van der Waals surface area (Å²) in [7, 11) is 1.77. The topological polar surface area (TPSA) is 384 Å². The number of aldehydes is 1. The van der Waals surface area contributed by atoms with E-state index in [-0.39, 0.29) is 79.9 Å². The molecule has 2 aromatic heterocycles. The smallest absolute Gasteiger partial charge is 0.508 e. The third-order valence-corrected chi connectivity index (χ3v) is 16.5. The summed E-state index contributed by atoms with van der Waals surface area (Å²) in [6, 6.07) is 12.6. The zero-order chi connectivity index (χ0) is 72.9. The van der Waals surface area contributed by atoms with Gasteiger partial charge >= 0.3 is 12.1 Å². The number of rotatable bonds is 48. The lowest BCUT2D eigenvalue weighted by Gasteiger charge is -2.31. The number of cyclic esters (lactones) is 1. The molecule has 4 heterocycles. The van der Waals surface area contributed by atoms with Crippen LogP contribution in [-0.2, 0) is 123 Å². The van der Waals surface area contributed by atoms with Crippen LogP contribution in [0.15, 0.2) is 71.1 Å². The first kappa shape index (κ1) is 80.5. The fourth-order valence-electron chi connectivity index (χ4n) is 10.9. The van der Waals surface area contributed by atoms with Gasteiger partial charge in [0.15, 0.2) is 0 Å². The second-order valence-corrected chi connectivity index (χ2v) is 24.3. The molecule has 102 heavy (non-hydrogen) atoms. The monoisotopic (exact) mass is 1430 g/mol. The lowest BCUT2D eigenvalue weighted by molar-refractivity contribution is -0.159. The first-order chi connectivity index (χ1) is 49.5. The summed E-state index contributed by atoms with van der Waals surface area (Å²) in [4.78, 5) is 119. The van der Waals surface area contributed by atoms with Gasteiger partial charge in [0.2, 0.25) is 35.6 Å². The summed E-state index contributed by atoms with van der Waals surface area (Å²) in [5.41, 5.74) is 4.43. The fourth-order valence-corrected chi connectivity index (χ4v) is 10.9. The van der Waals surface area contributed by atoms with Crippen LogP contribution >= 0.6 is 0 Å². The highest BCUT2D eigenvalue weighted by Gasteiger charge is 2.38. The van der Waals surface area contributed by atoms with Crippen LogP contribution in [0, 0.1) is 17.8 Å². The molecule has 4 aromatic rings. The van der Waals surface area contributed by atoms with E-state index in [1.165, 1.54) is 10.6 Å². The van der Waals surface area contributed by atoms with E-state index >= 15 is 0 Å². The average Bonchev–Trinajstić information content (AvgIpc) is 1.46. The van der Waals surface area contributed by atoms with Gasteiger partial charge in [-0.1, -0.05) is 37.8 Å². The molecule has 2 aliphatic heterocycles. The first-order valence-corrected chi connectivity index (χ1v) is 34.3. The third-order valence-electron chi connectivity index (χ3n) is 16.5. The molecule has 1 fully saturated rings. The van der Waals surface area contributed by atoms with Gasteiger partial charge in [0.25, 0.3) is 5.56 Å². The number of ether oxygens (including phenoxy) is 12. The molecule has 2 atom stereocenters. The Kier molecular flexibility index (Phi) is 35.1. The Morgan fingerprint density at radius 2 is 1.37 bits per heavy atom. The SMILES string of the molecule is C=C(CC)c1cc(O)ccc1N=C1CCn2c1cc1c(c2=O)COC(=O)[C@H]1OC(=O)OCc1ccc(NC(=O)CNC(=O)COCC(=O)NCCOCCOCCOCCOCCOCCOCCOCCOCCn2cc(CNC(=O)C3CCC(CN(C)C(=O)CC(C)C=O)CC3)nn2)cc1. The second-order valence-electron chi connectivity index (χ2n) is 24.3. The van der Waals surface area contributed by atoms with E-state index < -0.39 is 54.7 Å². The Hall–Kier alpha value is -8.86. The second kappa shape index (κ2) is 44.5. The minimum atomic E-state index is -1.58. The van der Waals surface area contributed by atoms with Gasteiger partial charge in [-0.2, -0.15) is 0 Å². The Morgan fingerprint density at radius 3 is 1.99 bits per heavy atom. The average molecular weight is 1430 g/mol. The van der Waals surface area contributed by atoms with Gasteiger partial charge in [0, 0.05) is 68.2 Å². The number of esters is 1. The zero-order valence-corrected chi connectivity index (χ0v) is 58.3. The summed E-state index contributed by atoms with van der Waals surface area (Å²) < 4.78 is 68.6. The zero-order valence-electron chi connectivity index (χ0n) is 58.3. The van der Waals surface area contributed by atoms with Crippen molar-refractivity contribution in [2.45, 2.75) is 97.7 Å². The van der Waals surface area contributed by atoms with Crippen molar-refractivity contribution >= 4 is 70.6 Å². The maximum atomic E-state index is 13.6.